The maximum atomic E-state index is 12.8. The summed E-state index contributed by atoms with van der Waals surface area (Å²) in [6, 6.07) is 20.8. The number of ketones is 1. The highest BCUT2D eigenvalue weighted by Crippen LogP contribution is 2.28. The number of nitrogens with two attached hydrogens (primary N) is 1. The number of carbonyl (C=O) groups excluding carboxylic acids is 1. The second-order valence-corrected chi connectivity index (χ2v) is 6.60. The second-order valence-electron chi connectivity index (χ2n) is 6.19. The number of hydrogen-bond donors (Lipinski definition) is 2. The van der Waals surface area contributed by atoms with Crippen LogP contribution in [0.1, 0.15) is 27.0 Å². The largest absolute Gasteiger partial charge is 0.355 e. The van der Waals surface area contributed by atoms with Gasteiger partial charge in [-0.05, 0) is 42.3 Å². The van der Waals surface area contributed by atoms with E-state index in [1.165, 1.54) is 0 Å². The predicted molar refractivity (Wildman–Crippen MR) is 114 cm³/mol. The first-order chi connectivity index (χ1) is 13.1. The lowest BCUT2D eigenvalue weighted by atomic mass is 9.99. The molecule has 0 saturated carbocycles. The molecule has 27 heavy (non-hydrogen) atoms. The van der Waals surface area contributed by atoms with Crippen LogP contribution >= 0.6 is 11.6 Å². The van der Waals surface area contributed by atoms with Gasteiger partial charge in [0.25, 0.3) is 0 Å². The summed E-state index contributed by atoms with van der Waals surface area (Å²) in [7, 11) is 0. The first-order valence-electron chi connectivity index (χ1n) is 8.72. The minimum Gasteiger partial charge on any atom is -0.355 e. The van der Waals surface area contributed by atoms with E-state index >= 15 is 0 Å². The average molecular weight is 377 g/mol. The van der Waals surface area contributed by atoms with Crippen LogP contribution in [-0.2, 0) is 0 Å². The normalized spacial score (nSPS) is 10.9. The Morgan fingerprint density at radius 2 is 1.78 bits per heavy atom. The van der Waals surface area contributed by atoms with Crippen LogP contribution in [0.4, 0.5) is 11.4 Å². The van der Waals surface area contributed by atoms with Crippen LogP contribution in [0.2, 0.25) is 5.02 Å². The van der Waals surface area contributed by atoms with Crippen LogP contribution in [0.3, 0.4) is 0 Å². The zero-order chi connectivity index (χ0) is 19.2. The van der Waals surface area contributed by atoms with Gasteiger partial charge in [-0.3, -0.25) is 4.79 Å². The third kappa shape index (κ3) is 4.45. The molecular formula is C23H21ClN2O. The zero-order valence-electron chi connectivity index (χ0n) is 15.1. The van der Waals surface area contributed by atoms with E-state index in [0.717, 1.165) is 22.5 Å². The van der Waals surface area contributed by atoms with Crippen molar-refractivity contribution in [2.24, 2.45) is 5.73 Å². The minimum atomic E-state index is -0.0732. The SMILES string of the molecule is Cc1ccccc1C(=O)c1ccc(Nc2ccccc2/C=C/CN)cc1Cl. The molecule has 0 unspecified atom stereocenters. The first-order valence-corrected chi connectivity index (χ1v) is 9.10. The molecule has 3 N–H and O–H groups in total. The van der Waals surface area contributed by atoms with Gasteiger partial charge in [0.2, 0.25) is 0 Å². The topological polar surface area (TPSA) is 55.1 Å². The van der Waals surface area contributed by atoms with Crippen LogP contribution in [0, 0.1) is 6.92 Å². The maximum Gasteiger partial charge on any atom is 0.194 e. The van der Waals surface area contributed by atoms with Gasteiger partial charge >= 0.3 is 0 Å². The molecule has 0 aromatic heterocycles. The number of carbonyl (C=O) groups is 1. The number of anilines is 2. The van der Waals surface area contributed by atoms with Crippen LogP contribution in [0.15, 0.2) is 72.8 Å². The fourth-order valence-corrected chi connectivity index (χ4v) is 3.12. The molecule has 3 nitrogen and oxygen atoms in total. The lowest BCUT2D eigenvalue weighted by Crippen LogP contribution is -2.05. The number of aryl methyl sites for hydroxylation is 1. The molecule has 0 heterocycles. The van der Waals surface area contributed by atoms with E-state index in [9.17, 15) is 4.79 Å². The summed E-state index contributed by atoms with van der Waals surface area (Å²) < 4.78 is 0. The number of halogens is 1. The quantitative estimate of drug-likeness (QED) is 0.551. The third-order valence-electron chi connectivity index (χ3n) is 4.28. The van der Waals surface area contributed by atoms with Crippen molar-refractivity contribution in [1.29, 1.82) is 0 Å². The Balaban J connectivity index is 1.87. The highest BCUT2D eigenvalue weighted by molar-refractivity contribution is 6.35. The standard InChI is InChI=1S/C23H21ClN2O/c1-16-7-2-4-10-19(16)23(27)20-13-12-18(15-21(20)24)26-22-11-5-3-8-17(22)9-6-14-25/h2-13,15,26H,14,25H2,1H3/b9-6+. The Morgan fingerprint density at radius 3 is 2.52 bits per heavy atom. The highest BCUT2D eigenvalue weighted by Gasteiger charge is 2.15. The van der Waals surface area contributed by atoms with Crippen LogP contribution in [-0.4, -0.2) is 12.3 Å². The summed E-state index contributed by atoms with van der Waals surface area (Å²) in [5.41, 5.74) is 10.4. The summed E-state index contributed by atoms with van der Waals surface area (Å²) in [4.78, 5) is 12.8. The van der Waals surface area contributed by atoms with Gasteiger partial charge in [0, 0.05) is 29.0 Å². The van der Waals surface area contributed by atoms with Crippen molar-refractivity contribution in [2.45, 2.75) is 6.92 Å². The molecule has 0 aliphatic rings. The lowest BCUT2D eigenvalue weighted by Gasteiger charge is -2.12. The van der Waals surface area contributed by atoms with Crippen molar-refractivity contribution < 1.29 is 4.79 Å². The minimum absolute atomic E-state index is 0.0732. The van der Waals surface area contributed by atoms with E-state index in [1.54, 1.807) is 12.1 Å². The lowest BCUT2D eigenvalue weighted by molar-refractivity contribution is 0.103. The number of para-hydroxylation sites is 1. The van der Waals surface area contributed by atoms with Crippen molar-refractivity contribution in [3.05, 3.63) is 100 Å². The Labute approximate surface area is 164 Å². The molecule has 3 rings (SSSR count). The molecule has 0 radical (unpaired) electrons. The van der Waals surface area contributed by atoms with Crippen molar-refractivity contribution in [1.82, 2.24) is 0 Å². The molecule has 0 amide bonds. The molecule has 0 atom stereocenters. The van der Waals surface area contributed by atoms with Gasteiger partial charge in [-0.15, -0.1) is 0 Å². The maximum absolute atomic E-state index is 12.8. The van der Waals surface area contributed by atoms with Gasteiger partial charge in [-0.2, -0.15) is 0 Å². The van der Waals surface area contributed by atoms with Crippen LogP contribution in [0.5, 0.6) is 0 Å². The molecule has 136 valence electrons. The fourth-order valence-electron chi connectivity index (χ4n) is 2.86. The third-order valence-corrected chi connectivity index (χ3v) is 4.59. The van der Waals surface area contributed by atoms with Crippen molar-refractivity contribution >= 4 is 34.8 Å². The fraction of sp³-hybridized carbons (Fsp3) is 0.0870. The smallest absolute Gasteiger partial charge is 0.194 e. The van der Waals surface area contributed by atoms with E-state index in [2.05, 4.69) is 5.32 Å². The van der Waals surface area contributed by atoms with Crippen molar-refractivity contribution in [3.63, 3.8) is 0 Å². The monoisotopic (exact) mass is 376 g/mol. The molecule has 0 spiro atoms. The molecule has 0 saturated heterocycles. The number of hydrogen-bond acceptors (Lipinski definition) is 3. The Bertz CT molecular complexity index is 995. The summed E-state index contributed by atoms with van der Waals surface area (Å²) in [5, 5.41) is 3.77. The molecule has 0 aliphatic carbocycles. The van der Waals surface area contributed by atoms with Gasteiger partial charge in [0.15, 0.2) is 5.78 Å². The molecule has 3 aromatic carbocycles. The molecule has 0 bridgehead atoms. The molecule has 3 aromatic rings. The van der Waals surface area contributed by atoms with Gasteiger partial charge in [-0.1, -0.05) is 66.2 Å². The van der Waals surface area contributed by atoms with Gasteiger partial charge in [0.05, 0.1) is 5.02 Å². The predicted octanol–water partition coefficient (Wildman–Crippen LogP) is 5.59. The number of nitrogens with one attached hydrogen (secondary N) is 1. The summed E-state index contributed by atoms with van der Waals surface area (Å²) in [5.74, 6) is -0.0732. The number of benzene rings is 3. The summed E-state index contributed by atoms with van der Waals surface area (Å²) >= 11 is 6.42. The second kappa shape index (κ2) is 8.67. The summed E-state index contributed by atoms with van der Waals surface area (Å²) in [6.07, 6.45) is 3.87. The van der Waals surface area contributed by atoms with E-state index in [1.807, 2.05) is 73.7 Å². The van der Waals surface area contributed by atoms with Crippen molar-refractivity contribution in [2.75, 3.05) is 11.9 Å². The van der Waals surface area contributed by atoms with E-state index in [0.29, 0.717) is 22.7 Å². The molecule has 4 heteroatoms. The van der Waals surface area contributed by atoms with E-state index < -0.39 is 0 Å². The average Bonchev–Trinajstić information content (AvgIpc) is 2.67. The van der Waals surface area contributed by atoms with Crippen molar-refractivity contribution in [3.8, 4) is 0 Å². The Morgan fingerprint density at radius 1 is 1.04 bits per heavy atom. The van der Waals surface area contributed by atoms with Gasteiger partial charge in [-0.25, -0.2) is 0 Å². The van der Waals surface area contributed by atoms with Crippen LogP contribution < -0.4 is 11.1 Å². The Kier molecular flexibility index (Phi) is 6.07. The molecule has 0 fully saturated rings. The molecular weight excluding hydrogens is 356 g/mol. The highest BCUT2D eigenvalue weighted by atomic mass is 35.5. The zero-order valence-corrected chi connectivity index (χ0v) is 15.8. The Hall–Kier alpha value is -2.88. The van der Waals surface area contributed by atoms with Crippen LogP contribution in [0.25, 0.3) is 6.08 Å². The van der Waals surface area contributed by atoms with Gasteiger partial charge in [0.1, 0.15) is 0 Å². The number of rotatable bonds is 6. The summed E-state index contributed by atoms with van der Waals surface area (Å²) in [6.45, 7) is 2.40. The van der Waals surface area contributed by atoms with E-state index in [-0.39, 0.29) is 5.78 Å². The first kappa shape index (κ1) is 18.9. The van der Waals surface area contributed by atoms with E-state index in [4.69, 9.17) is 17.3 Å². The van der Waals surface area contributed by atoms with Gasteiger partial charge < -0.3 is 11.1 Å². The molecule has 0 aliphatic heterocycles.